The molecule has 1 unspecified atom stereocenters. The second kappa shape index (κ2) is 12.3. The van der Waals surface area contributed by atoms with Crippen molar-refractivity contribution in [1.29, 1.82) is 0 Å². The molecule has 0 bridgehead atoms. The Kier molecular flexibility index (Phi) is 10.2. The van der Waals surface area contributed by atoms with Gasteiger partial charge in [0.25, 0.3) is 5.69 Å². The summed E-state index contributed by atoms with van der Waals surface area (Å²) in [5.74, 6) is -0.717. The molecule has 1 rings (SSSR count). The van der Waals surface area contributed by atoms with Gasteiger partial charge in [0.2, 0.25) is 0 Å². The Labute approximate surface area is 168 Å². The molecule has 0 amide bonds. The monoisotopic (exact) mass is 411 g/mol. The summed E-state index contributed by atoms with van der Waals surface area (Å²) in [5.41, 5.74) is -0.126. The molecule has 0 heterocycles. The molecule has 1 N–H and O–H groups in total. The van der Waals surface area contributed by atoms with Gasteiger partial charge in [-0.25, -0.2) is 4.79 Å². The van der Waals surface area contributed by atoms with Gasteiger partial charge in [-0.2, -0.15) is 0 Å². The number of esters is 2. The third kappa shape index (κ3) is 7.78. The number of methoxy groups -OCH3 is 1. The minimum Gasteiger partial charge on any atom is -0.493 e. The van der Waals surface area contributed by atoms with Crippen LogP contribution in [0.5, 0.6) is 11.5 Å². The molecule has 0 aliphatic carbocycles. The number of unbranched alkanes of at least 4 members (excludes halogenated alkanes) is 1. The Hall–Kier alpha value is -3.14. The lowest BCUT2D eigenvalue weighted by molar-refractivity contribution is -0.386. The summed E-state index contributed by atoms with van der Waals surface area (Å²) >= 11 is 0. The number of nitro groups is 1. The van der Waals surface area contributed by atoms with Gasteiger partial charge < -0.3 is 24.1 Å². The van der Waals surface area contributed by atoms with E-state index < -0.39 is 23.0 Å². The van der Waals surface area contributed by atoms with Crippen molar-refractivity contribution in [1.82, 2.24) is 0 Å². The standard InChI is InChI=1S/C19H25NO9/c1-4-18(22)29-13(2)14-11-16(26-3)17(12-15(14)20(24)25)27-9-6-5-7-19(23)28-10-8-21/h4,11-13,21H,1,5-10H2,2-3H3. The molecule has 1 aromatic rings. The smallest absolute Gasteiger partial charge is 0.330 e. The first-order valence-corrected chi connectivity index (χ1v) is 8.92. The lowest BCUT2D eigenvalue weighted by Crippen LogP contribution is -2.10. The largest absolute Gasteiger partial charge is 0.493 e. The molecule has 160 valence electrons. The van der Waals surface area contributed by atoms with Gasteiger partial charge in [-0.15, -0.1) is 0 Å². The van der Waals surface area contributed by atoms with Gasteiger partial charge in [0, 0.05) is 12.5 Å². The molecule has 0 radical (unpaired) electrons. The predicted molar refractivity (Wildman–Crippen MR) is 102 cm³/mol. The van der Waals surface area contributed by atoms with Gasteiger partial charge in [-0.1, -0.05) is 6.58 Å². The van der Waals surface area contributed by atoms with E-state index >= 15 is 0 Å². The molecule has 29 heavy (non-hydrogen) atoms. The second-order valence-corrected chi connectivity index (χ2v) is 5.85. The van der Waals surface area contributed by atoms with Crippen LogP contribution in [0, 0.1) is 10.1 Å². The van der Waals surface area contributed by atoms with Crippen molar-refractivity contribution in [3.8, 4) is 11.5 Å². The van der Waals surface area contributed by atoms with Crippen molar-refractivity contribution in [2.24, 2.45) is 0 Å². The number of hydrogen-bond acceptors (Lipinski definition) is 9. The molecule has 0 aromatic heterocycles. The van der Waals surface area contributed by atoms with Crippen molar-refractivity contribution in [3.63, 3.8) is 0 Å². The Morgan fingerprint density at radius 1 is 1.28 bits per heavy atom. The van der Waals surface area contributed by atoms with Crippen LogP contribution in [0.15, 0.2) is 24.8 Å². The van der Waals surface area contributed by atoms with E-state index in [1.165, 1.54) is 26.2 Å². The third-order valence-corrected chi connectivity index (χ3v) is 3.79. The Balaban J connectivity index is 2.81. The average molecular weight is 411 g/mol. The second-order valence-electron chi connectivity index (χ2n) is 5.85. The number of ether oxygens (including phenoxy) is 4. The number of aliphatic hydroxyl groups excluding tert-OH is 1. The van der Waals surface area contributed by atoms with E-state index in [1.54, 1.807) is 0 Å². The third-order valence-electron chi connectivity index (χ3n) is 3.79. The van der Waals surface area contributed by atoms with E-state index in [0.29, 0.717) is 12.8 Å². The summed E-state index contributed by atoms with van der Waals surface area (Å²) < 4.78 is 20.6. The van der Waals surface area contributed by atoms with E-state index in [2.05, 4.69) is 6.58 Å². The fraction of sp³-hybridized carbons (Fsp3) is 0.474. The van der Waals surface area contributed by atoms with Crippen molar-refractivity contribution in [2.45, 2.75) is 32.3 Å². The Bertz CT molecular complexity index is 733. The number of rotatable bonds is 13. The van der Waals surface area contributed by atoms with Crippen molar-refractivity contribution < 1.29 is 38.6 Å². The number of carbonyl (C=O) groups is 2. The SMILES string of the molecule is C=CC(=O)OC(C)c1cc(OC)c(OCCCCC(=O)OCCO)cc1[N+](=O)[O-]. The molecular formula is C19H25NO9. The molecule has 0 aliphatic heterocycles. The summed E-state index contributed by atoms with van der Waals surface area (Å²) in [6, 6.07) is 2.60. The van der Waals surface area contributed by atoms with Gasteiger partial charge in [0.15, 0.2) is 11.5 Å². The van der Waals surface area contributed by atoms with Gasteiger partial charge in [-0.05, 0) is 25.8 Å². The van der Waals surface area contributed by atoms with Crippen LogP contribution < -0.4 is 9.47 Å². The van der Waals surface area contributed by atoms with Crippen LogP contribution in [-0.2, 0) is 19.1 Å². The molecule has 0 aliphatic rings. The zero-order chi connectivity index (χ0) is 21.8. The minimum atomic E-state index is -0.895. The number of nitrogens with zero attached hydrogens (tertiary/aromatic N) is 1. The van der Waals surface area contributed by atoms with Gasteiger partial charge >= 0.3 is 11.9 Å². The summed E-state index contributed by atoms with van der Waals surface area (Å²) in [6.45, 7) is 4.72. The number of aliphatic hydroxyl groups is 1. The summed E-state index contributed by atoms with van der Waals surface area (Å²) in [5, 5.41) is 20.0. The fourth-order valence-corrected chi connectivity index (χ4v) is 2.39. The van der Waals surface area contributed by atoms with Gasteiger partial charge in [-0.3, -0.25) is 14.9 Å². The highest BCUT2D eigenvalue weighted by molar-refractivity contribution is 5.81. The molecule has 1 aromatic carbocycles. The summed E-state index contributed by atoms with van der Waals surface area (Å²) in [6.07, 6.45) is 1.23. The molecule has 0 saturated carbocycles. The van der Waals surface area contributed by atoms with E-state index in [1.807, 2.05) is 0 Å². The van der Waals surface area contributed by atoms with E-state index in [9.17, 15) is 19.7 Å². The molecule has 0 fully saturated rings. The van der Waals surface area contributed by atoms with Gasteiger partial charge in [0.05, 0.1) is 36.9 Å². The Morgan fingerprint density at radius 3 is 2.59 bits per heavy atom. The van der Waals surface area contributed by atoms with Crippen LogP contribution in [0.4, 0.5) is 5.69 Å². The maximum absolute atomic E-state index is 11.5. The van der Waals surface area contributed by atoms with Crippen LogP contribution in [-0.4, -0.2) is 48.9 Å². The molecule has 10 heteroatoms. The average Bonchev–Trinajstić information content (AvgIpc) is 2.70. The van der Waals surface area contributed by atoms with Crippen LogP contribution in [0.25, 0.3) is 0 Å². The number of benzene rings is 1. The molecule has 0 spiro atoms. The highest BCUT2D eigenvalue weighted by Crippen LogP contribution is 2.38. The number of hydrogen-bond donors (Lipinski definition) is 1. The van der Waals surface area contributed by atoms with Crippen molar-refractivity contribution >= 4 is 17.6 Å². The van der Waals surface area contributed by atoms with Crippen molar-refractivity contribution in [2.75, 3.05) is 26.9 Å². The van der Waals surface area contributed by atoms with Gasteiger partial charge in [0.1, 0.15) is 12.7 Å². The number of nitro benzene ring substituents is 1. The zero-order valence-corrected chi connectivity index (χ0v) is 16.4. The summed E-state index contributed by atoms with van der Waals surface area (Å²) in [4.78, 5) is 33.6. The van der Waals surface area contributed by atoms with E-state index in [-0.39, 0.29) is 49.0 Å². The topological polar surface area (TPSA) is 134 Å². The van der Waals surface area contributed by atoms with Crippen LogP contribution in [0.3, 0.4) is 0 Å². The highest BCUT2D eigenvalue weighted by atomic mass is 16.6. The van der Waals surface area contributed by atoms with Crippen LogP contribution in [0.1, 0.15) is 37.9 Å². The minimum absolute atomic E-state index is 0.0386. The first-order valence-electron chi connectivity index (χ1n) is 8.92. The highest BCUT2D eigenvalue weighted by Gasteiger charge is 2.25. The zero-order valence-electron chi connectivity index (χ0n) is 16.4. The van der Waals surface area contributed by atoms with Crippen LogP contribution in [0.2, 0.25) is 0 Å². The maximum atomic E-state index is 11.5. The summed E-state index contributed by atoms with van der Waals surface area (Å²) in [7, 11) is 1.38. The predicted octanol–water partition coefficient (Wildman–Crippen LogP) is 2.48. The first-order chi connectivity index (χ1) is 13.8. The normalized spacial score (nSPS) is 11.3. The Morgan fingerprint density at radius 2 is 2.00 bits per heavy atom. The first kappa shape index (κ1) is 23.9. The van der Waals surface area contributed by atoms with Crippen LogP contribution >= 0.6 is 0 Å². The van der Waals surface area contributed by atoms with E-state index in [0.717, 1.165) is 6.08 Å². The number of carbonyl (C=O) groups excluding carboxylic acids is 2. The molecular weight excluding hydrogens is 386 g/mol. The lowest BCUT2D eigenvalue weighted by atomic mass is 10.1. The maximum Gasteiger partial charge on any atom is 0.330 e. The molecule has 1 atom stereocenters. The van der Waals surface area contributed by atoms with Crippen molar-refractivity contribution in [3.05, 3.63) is 40.5 Å². The van der Waals surface area contributed by atoms with E-state index in [4.69, 9.17) is 24.1 Å². The molecule has 0 saturated heterocycles. The lowest BCUT2D eigenvalue weighted by Gasteiger charge is -2.16. The quantitative estimate of drug-likeness (QED) is 0.171. The fourth-order valence-electron chi connectivity index (χ4n) is 2.39. The molecule has 10 nitrogen and oxygen atoms in total.